The Labute approximate surface area is 104 Å². The molecule has 0 aliphatic heterocycles. The van der Waals surface area contributed by atoms with E-state index in [1.165, 1.54) is 0 Å². The highest BCUT2D eigenvalue weighted by Gasteiger charge is 2.19. The summed E-state index contributed by atoms with van der Waals surface area (Å²) in [6, 6.07) is 3.92. The van der Waals surface area contributed by atoms with Gasteiger partial charge in [0.15, 0.2) is 0 Å². The molecule has 0 aliphatic carbocycles. The van der Waals surface area contributed by atoms with Crippen LogP contribution in [0.4, 0.5) is 0 Å². The maximum Gasteiger partial charge on any atom is 0.145 e. The number of nitrogens with zero attached hydrogens (tertiary/aromatic N) is 5. The van der Waals surface area contributed by atoms with Crippen molar-refractivity contribution in [3.8, 4) is 17.5 Å². The van der Waals surface area contributed by atoms with E-state index >= 15 is 0 Å². The molecule has 17 heavy (non-hydrogen) atoms. The first kappa shape index (κ1) is 11.7. The van der Waals surface area contributed by atoms with E-state index in [0.29, 0.717) is 23.0 Å². The number of nitriles is 1. The molecule has 6 heteroatoms. The molecule has 0 atom stereocenters. The van der Waals surface area contributed by atoms with Gasteiger partial charge < -0.3 is 0 Å². The summed E-state index contributed by atoms with van der Waals surface area (Å²) in [5, 5.41) is 18.0. The largest absolute Gasteiger partial charge is 0.266 e. The molecule has 2 rings (SSSR count). The van der Waals surface area contributed by atoms with Gasteiger partial charge in [0.25, 0.3) is 0 Å². The van der Waals surface area contributed by atoms with Gasteiger partial charge in [0.1, 0.15) is 22.5 Å². The van der Waals surface area contributed by atoms with E-state index in [1.54, 1.807) is 15.6 Å². The van der Waals surface area contributed by atoms with E-state index in [1.807, 2.05) is 20.0 Å². The van der Waals surface area contributed by atoms with Crippen molar-refractivity contribution in [1.29, 1.82) is 5.26 Å². The summed E-state index contributed by atoms with van der Waals surface area (Å²) >= 11 is 6.13. The lowest BCUT2D eigenvalue weighted by molar-refractivity contribution is 0.604. The average Bonchev–Trinajstić information content (AvgIpc) is 2.84. The number of halogens is 1. The molecule has 0 aromatic carbocycles. The Morgan fingerprint density at radius 2 is 2.29 bits per heavy atom. The van der Waals surface area contributed by atoms with Gasteiger partial charge in [-0.05, 0) is 12.5 Å². The lowest BCUT2D eigenvalue weighted by Crippen LogP contribution is -2.00. The molecular formula is C11H12ClN5. The fourth-order valence-electron chi connectivity index (χ4n) is 1.69. The second kappa shape index (κ2) is 4.60. The van der Waals surface area contributed by atoms with E-state index in [-0.39, 0.29) is 0 Å². The molecule has 0 saturated carbocycles. The standard InChI is InChI=1S/C11H12ClN5/c1-3-6-17-11(12)8(7-13)10(15-17)9-4-5-14-16(9)2/h4-5H,3,6H2,1-2H3. The molecule has 0 unspecified atom stereocenters. The van der Waals surface area contributed by atoms with Gasteiger partial charge in [-0.1, -0.05) is 18.5 Å². The van der Waals surface area contributed by atoms with Crippen molar-refractivity contribution in [2.24, 2.45) is 7.05 Å². The van der Waals surface area contributed by atoms with E-state index in [4.69, 9.17) is 16.9 Å². The van der Waals surface area contributed by atoms with Crippen LogP contribution in [0.5, 0.6) is 0 Å². The summed E-state index contributed by atoms with van der Waals surface area (Å²) in [6.45, 7) is 2.74. The summed E-state index contributed by atoms with van der Waals surface area (Å²) in [6.07, 6.45) is 2.58. The summed E-state index contributed by atoms with van der Waals surface area (Å²) < 4.78 is 3.33. The Balaban J connectivity index is 2.59. The van der Waals surface area contributed by atoms with Gasteiger partial charge in [0.05, 0.1) is 5.69 Å². The van der Waals surface area contributed by atoms with Crippen LogP contribution in [-0.2, 0) is 13.6 Å². The molecule has 0 fully saturated rings. The van der Waals surface area contributed by atoms with Crippen molar-refractivity contribution in [3.63, 3.8) is 0 Å². The molecule has 2 heterocycles. The SMILES string of the molecule is CCCn1nc(-c2ccnn2C)c(C#N)c1Cl. The Kier molecular flexibility index (Phi) is 3.16. The number of hydrogen-bond donors (Lipinski definition) is 0. The lowest BCUT2D eigenvalue weighted by Gasteiger charge is -1.98. The molecule has 5 nitrogen and oxygen atoms in total. The Morgan fingerprint density at radius 1 is 1.53 bits per heavy atom. The number of aromatic nitrogens is 4. The molecular weight excluding hydrogens is 238 g/mol. The molecule has 2 aromatic heterocycles. The van der Waals surface area contributed by atoms with Crippen LogP contribution in [0.2, 0.25) is 5.15 Å². The third-order valence-electron chi connectivity index (χ3n) is 2.50. The van der Waals surface area contributed by atoms with Gasteiger partial charge in [-0.3, -0.25) is 9.36 Å². The predicted octanol–water partition coefficient (Wildman–Crippen LogP) is 2.22. The van der Waals surface area contributed by atoms with Crippen LogP contribution in [0.1, 0.15) is 18.9 Å². The molecule has 0 aliphatic rings. The van der Waals surface area contributed by atoms with Gasteiger partial charge in [-0.2, -0.15) is 15.5 Å². The van der Waals surface area contributed by atoms with Gasteiger partial charge in [-0.15, -0.1) is 0 Å². The fraction of sp³-hybridized carbons (Fsp3) is 0.364. The second-order valence-electron chi connectivity index (χ2n) is 3.69. The minimum absolute atomic E-state index is 0.394. The third kappa shape index (κ3) is 1.92. The van der Waals surface area contributed by atoms with Crippen molar-refractivity contribution in [2.45, 2.75) is 19.9 Å². The van der Waals surface area contributed by atoms with Gasteiger partial charge in [0.2, 0.25) is 0 Å². The van der Waals surface area contributed by atoms with E-state index in [9.17, 15) is 0 Å². The zero-order chi connectivity index (χ0) is 12.4. The third-order valence-corrected chi connectivity index (χ3v) is 2.89. The highest BCUT2D eigenvalue weighted by Crippen LogP contribution is 2.27. The first-order valence-electron chi connectivity index (χ1n) is 5.33. The van der Waals surface area contributed by atoms with Crippen molar-refractivity contribution >= 4 is 11.6 Å². The quantitative estimate of drug-likeness (QED) is 0.838. The molecule has 0 bridgehead atoms. The lowest BCUT2D eigenvalue weighted by atomic mass is 10.2. The highest BCUT2D eigenvalue weighted by molar-refractivity contribution is 6.31. The Morgan fingerprint density at radius 3 is 2.82 bits per heavy atom. The average molecular weight is 250 g/mol. The molecule has 0 N–H and O–H groups in total. The number of hydrogen-bond acceptors (Lipinski definition) is 3. The molecule has 0 saturated heterocycles. The molecule has 0 radical (unpaired) electrons. The minimum atomic E-state index is 0.394. The van der Waals surface area contributed by atoms with Crippen molar-refractivity contribution in [2.75, 3.05) is 0 Å². The Hall–Kier alpha value is -1.80. The number of rotatable bonds is 3. The maximum atomic E-state index is 9.15. The minimum Gasteiger partial charge on any atom is -0.266 e. The highest BCUT2D eigenvalue weighted by atomic mass is 35.5. The van der Waals surface area contributed by atoms with Gasteiger partial charge in [-0.25, -0.2) is 0 Å². The predicted molar refractivity (Wildman–Crippen MR) is 64.4 cm³/mol. The van der Waals surface area contributed by atoms with Crippen molar-refractivity contribution < 1.29 is 0 Å². The van der Waals surface area contributed by atoms with E-state index in [2.05, 4.69) is 16.3 Å². The van der Waals surface area contributed by atoms with Gasteiger partial charge >= 0.3 is 0 Å². The van der Waals surface area contributed by atoms with Crippen molar-refractivity contribution in [3.05, 3.63) is 23.0 Å². The number of aryl methyl sites for hydroxylation is 2. The molecule has 0 spiro atoms. The second-order valence-corrected chi connectivity index (χ2v) is 4.05. The van der Waals surface area contributed by atoms with Gasteiger partial charge in [0, 0.05) is 19.8 Å². The van der Waals surface area contributed by atoms with Crippen LogP contribution in [0.25, 0.3) is 11.4 Å². The van der Waals surface area contributed by atoms with Crippen molar-refractivity contribution in [1.82, 2.24) is 19.6 Å². The van der Waals surface area contributed by atoms with Crippen LogP contribution in [-0.4, -0.2) is 19.6 Å². The van der Waals surface area contributed by atoms with E-state index in [0.717, 1.165) is 12.1 Å². The monoisotopic (exact) mass is 249 g/mol. The summed E-state index contributed by atoms with van der Waals surface area (Å²) in [5.41, 5.74) is 1.79. The first-order valence-corrected chi connectivity index (χ1v) is 5.71. The van der Waals surface area contributed by atoms with Crippen LogP contribution in [0.15, 0.2) is 12.3 Å². The first-order chi connectivity index (χ1) is 8.19. The summed E-state index contributed by atoms with van der Waals surface area (Å²) in [5.74, 6) is 0. The van der Waals surface area contributed by atoms with Crippen LogP contribution in [0, 0.1) is 11.3 Å². The summed E-state index contributed by atoms with van der Waals surface area (Å²) in [7, 11) is 1.81. The normalized spacial score (nSPS) is 10.5. The van der Waals surface area contributed by atoms with Crippen LogP contribution < -0.4 is 0 Å². The maximum absolute atomic E-state index is 9.15. The smallest absolute Gasteiger partial charge is 0.145 e. The fourth-order valence-corrected chi connectivity index (χ4v) is 1.94. The topological polar surface area (TPSA) is 59.4 Å². The Bertz CT molecular complexity index is 575. The summed E-state index contributed by atoms with van der Waals surface area (Å²) in [4.78, 5) is 0. The zero-order valence-electron chi connectivity index (χ0n) is 9.68. The zero-order valence-corrected chi connectivity index (χ0v) is 10.4. The van der Waals surface area contributed by atoms with Crippen LogP contribution in [0.3, 0.4) is 0 Å². The van der Waals surface area contributed by atoms with E-state index < -0.39 is 0 Å². The molecule has 0 amide bonds. The molecule has 2 aromatic rings. The van der Waals surface area contributed by atoms with Crippen LogP contribution >= 0.6 is 11.6 Å². The molecule has 88 valence electrons.